The number of hydrogen-bond donors (Lipinski definition) is 1. The zero-order valence-electron chi connectivity index (χ0n) is 10.3. The molecule has 94 valence electrons. The van der Waals surface area contributed by atoms with E-state index < -0.39 is 0 Å². The Morgan fingerprint density at radius 2 is 2.06 bits per heavy atom. The Balaban J connectivity index is 2.14. The Morgan fingerprint density at radius 3 is 2.65 bits per heavy atom. The smallest absolute Gasteiger partial charge is 0.145 e. The topological polar surface area (TPSA) is 47.0 Å². The highest BCUT2D eigenvalue weighted by atomic mass is 35.5. The average molecular weight is 256 g/mol. The molecule has 1 aromatic heterocycles. The van der Waals surface area contributed by atoms with E-state index in [2.05, 4.69) is 15.3 Å². The lowest BCUT2D eigenvalue weighted by Gasteiger charge is -2.36. The second-order valence-corrected chi connectivity index (χ2v) is 4.84. The lowest BCUT2D eigenvalue weighted by Crippen LogP contribution is -2.45. The maximum atomic E-state index is 6.09. The zero-order valence-corrected chi connectivity index (χ0v) is 11.0. The molecule has 1 aliphatic heterocycles. The number of halogens is 1. The quantitative estimate of drug-likeness (QED) is 0.842. The maximum absolute atomic E-state index is 6.09. The first kappa shape index (κ1) is 12.6. The number of ether oxygens (including phenoxy) is 1. The van der Waals surface area contributed by atoms with Crippen molar-refractivity contribution in [1.82, 2.24) is 9.97 Å². The highest BCUT2D eigenvalue weighted by molar-refractivity contribution is 6.18. The van der Waals surface area contributed by atoms with Crippen molar-refractivity contribution >= 4 is 17.4 Å². The van der Waals surface area contributed by atoms with E-state index in [0.717, 1.165) is 43.3 Å². The molecule has 0 spiro atoms. The first-order valence-corrected chi connectivity index (χ1v) is 6.41. The molecular formula is C12H18ClN3O. The van der Waals surface area contributed by atoms with Crippen LogP contribution in [0.4, 0.5) is 5.82 Å². The molecule has 0 atom stereocenters. The van der Waals surface area contributed by atoms with Gasteiger partial charge in [0.15, 0.2) is 0 Å². The van der Waals surface area contributed by atoms with Crippen molar-refractivity contribution in [2.24, 2.45) is 0 Å². The Kier molecular flexibility index (Phi) is 3.84. The van der Waals surface area contributed by atoms with Gasteiger partial charge in [-0.2, -0.15) is 0 Å². The number of nitrogens with zero attached hydrogens (tertiary/aromatic N) is 2. The van der Waals surface area contributed by atoms with Crippen molar-refractivity contribution in [2.75, 3.05) is 24.4 Å². The molecule has 17 heavy (non-hydrogen) atoms. The Morgan fingerprint density at radius 1 is 1.35 bits per heavy atom. The minimum absolute atomic E-state index is 0.101. The Labute approximate surface area is 107 Å². The summed E-state index contributed by atoms with van der Waals surface area (Å²) in [5.41, 5.74) is 1.81. The summed E-state index contributed by atoms with van der Waals surface area (Å²) >= 11 is 6.09. The van der Waals surface area contributed by atoms with Gasteiger partial charge < -0.3 is 10.1 Å². The van der Waals surface area contributed by atoms with Crippen LogP contribution < -0.4 is 5.32 Å². The third-order valence-corrected chi connectivity index (χ3v) is 3.80. The predicted molar refractivity (Wildman–Crippen MR) is 68.6 cm³/mol. The second kappa shape index (κ2) is 5.19. The molecule has 2 rings (SSSR count). The first-order chi connectivity index (χ1) is 8.15. The van der Waals surface area contributed by atoms with Crippen molar-refractivity contribution in [2.45, 2.75) is 32.2 Å². The van der Waals surface area contributed by atoms with Crippen molar-refractivity contribution < 1.29 is 4.74 Å². The SMILES string of the molecule is Cc1ncc(NC2(CCl)CCOCC2)nc1C. The minimum Gasteiger partial charge on any atom is -0.381 e. The predicted octanol–water partition coefficient (Wildman–Crippen LogP) is 2.29. The summed E-state index contributed by atoms with van der Waals surface area (Å²) in [6.45, 7) is 5.42. The van der Waals surface area contributed by atoms with Crippen LogP contribution in [0.3, 0.4) is 0 Å². The van der Waals surface area contributed by atoms with Gasteiger partial charge in [-0.1, -0.05) is 0 Å². The summed E-state index contributed by atoms with van der Waals surface area (Å²) in [4.78, 5) is 8.80. The van der Waals surface area contributed by atoms with Crippen LogP contribution in [-0.2, 0) is 4.74 Å². The van der Waals surface area contributed by atoms with Crippen molar-refractivity contribution in [3.63, 3.8) is 0 Å². The highest BCUT2D eigenvalue weighted by Crippen LogP contribution is 2.26. The van der Waals surface area contributed by atoms with E-state index in [1.807, 2.05) is 13.8 Å². The molecule has 0 bridgehead atoms. The van der Waals surface area contributed by atoms with Crippen LogP contribution >= 0.6 is 11.6 Å². The summed E-state index contributed by atoms with van der Waals surface area (Å²) in [7, 11) is 0. The molecule has 0 unspecified atom stereocenters. The van der Waals surface area contributed by atoms with Gasteiger partial charge >= 0.3 is 0 Å². The standard InChI is InChI=1S/C12H18ClN3O/c1-9-10(2)15-11(7-14-9)16-12(8-13)3-5-17-6-4-12/h7H,3-6,8H2,1-2H3,(H,15,16). The fraction of sp³-hybridized carbons (Fsp3) is 0.667. The molecule has 1 N–H and O–H groups in total. The molecule has 0 radical (unpaired) electrons. The monoisotopic (exact) mass is 255 g/mol. The van der Waals surface area contributed by atoms with E-state index >= 15 is 0 Å². The lowest BCUT2D eigenvalue weighted by atomic mass is 9.92. The third kappa shape index (κ3) is 2.87. The van der Waals surface area contributed by atoms with E-state index in [0.29, 0.717) is 5.88 Å². The van der Waals surface area contributed by atoms with E-state index in [1.54, 1.807) is 6.20 Å². The van der Waals surface area contributed by atoms with E-state index in [9.17, 15) is 0 Å². The number of aryl methyl sites for hydroxylation is 2. The number of anilines is 1. The van der Waals surface area contributed by atoms with E-state index in [4.69, 9.17) is 16.3 Å². The van der Waals surface area contributed by atoms with Crippen LogP contribution in [0.25, 0.3) is 0 Å². The molecule has 0 aliphatic carbocycles. The molecular weight excluding hydrogens is 238 g/mol. The van der Waals surface area contributed by atoms with Crippen LogP contribution in [0.2, 0.25) is 0 Å². The first-order valence-electron chi connectivity index (χ1n) is 5.87. The fourth-order valence-electron chi connectivity index (χ4n) is 1.93. The molecule has 0 aromatic carbocycles. The normalized spacial score (nSPS) is 19.0. The largest absolute Gasteiger partial charge is 0.381 e. The van der Waals surface area contributed by atoms with Crippen LogP contribution in [-0.4, -0.2) is 34.6 Å². The van der Waals surface area contributed by atoms with Gasteiger partial charge in [0.1, 0.15) is 5.82 Å². The second-order valence-electron chi connectivity index (χ2n) is 4.58. The zero-order chi connectivity index (χ0) is 12.3. The van der Waals surface area contributed by atoms with Crippen LogP contribution in [0.15, 0.2) is 6.20 Å². The summed E-state index contributed by atoms with van der Waals surface area (Å²) in [6.07, 6.45) is 3.59. The number of nitrogens with one attached hydrogen (secondary N) is 1. The molecule has 1 aliphatic rings. The van der Waals surface area contributed by atoms with Crippen molar-refractivity contribution in [3.05, 3.63) is 17.6 Å². The van der Waals surface area contributed by atoms with Gasteiger partial charge in [-0.3, -0.25) is 4.98 Å². The van der Waals surface area contributed by atoms with Gasteiger partial charge in [-0.15, -0.1) is 11.6 Å². The van der Waals surface area contributed by atoms with Crippen LogP contribution in [0.1, 0.15) is 24.2 Å². The Bertz CT molecular complexity index is 391. The summed E-state index contributed by atoms with van der Waals surface area (Å²) < 4.78 is 5.37. The molecule has 2 heterocycles. The van der Waals surface area contributed by atoms with E-state index in [1.165, 1.54) is 0 Å². The molecule has 1 aromatic rings. The van der Waals surface area contributed by atoms with Crippen LogP contribution in [0.5, 0.6) is 0 Å². The minimum atomic E-state index is -0.101. The van der Waals surface area contributed by atoms with Gasteiger partial charge in [0.25, 0.3) is 0 Å². The summed E-state index contributed by atoms with van der Waals surface area (Å²) in [5, 5.41) is 3.43. The van der Waals surface area contributed by atoms with Gasteiger partial charge in [0.05, 0.1) is 23.1 Å². The number of hydrogen-bond acceptors (Lipinski definition) is 4. The molecule has 0 saturated carbocycles. The number of alkyl halides is 1. The van der Waals surface area contributed by atoms with Gasteiger partial charge in [0.2, 0.25) is 0 Å². The lowest BCUT2D eigenvalue weighted by molar-refractivity contribution is 0.0666. The molecule has 1 saturated heterocycles. The van der Waals surface area contributed by atoms with Crippen molar-refractivity contribution in [1.29, 1.82) is 0 Å². The van der Waals surface area contributed by atoms with Gasteiger partial charge in [0, 0.05) is 19.1 Å². The van der Waals surface area contributed by atoms with Crippen LogP contribution in [0, 0.1) is 13.8 Å². The molecule has 5 heteroatoms. The third-order valence-electron chi connectivity index (χ3n) is 3.29. The molecule has 1 fully saturated rings. The Hall–Kier alpha value is -0.870. The summed E-state index contributed by atoms with van der Waals surface area (Å²) in [5.74, 6) is 1.36. The molecule has 0 amide bonds. The highest BCUT2D eigenvalue weighted by Gasteiger charge is 2.32. The van der Waals surface area contributed by atoms with Gasteiger partial charge in [-0.25, -0.2) is 4.98 Å². The number of rotatable bonds is 3. The van der Waals surface area contributed by atoms with Crippen molar-refractivity contribution in [3.8, 4) is 0 Å². The van der Waals surface area contributed by atoms with Gasteiger partial charge in [-0.05, 0) is 26.7 Å². The summed E-state index contributed by atoms with van der Waals surface area (Å²) in [6, 6.07) is 0. The molecule has 4 nitrogen and oxygen atoms in total. The fourth-order valence-corrected chi connectivity index (χ4v) is 2.26. The average Bonchev–Trinajstić information content (AvgIpc) is 2.35. The maximum Gasteiger partial charge on any atom is 0.145 e. The van der Waals surface area contributed by atoms with E-state index in [-0.39, 0.29) is 5.54 Å². The number of aromatic nitrogens is 2.